The third-order valence-corrected chi connectivity index (χ3v) is 2.87. The van der Waals surface area contributed by atoms with Crippen molar-refractivity contribution < 1.29 is 13.9 Å². The van der Waals surface area contributed by atoms with E-state index in [1.165, 1.54) is 0 Å². The second-order valence-electron chi connectivity index (χ2n) is 2.93. The molecule has 0 N–H and O–H groups in total. The Morgan fingerprint density at radius 3 is 2.67 bits per heavy atom. The number of halogens is 2. The van der Waals surface area contributed by atoms with Crippen LogP contribution in [0.3, 0.4) is 0 Å². The fourth-order valence-corrected chi connectivity index (χ4v) is 2.32. The summed E-state index contributed by atoms with van der Waals surface area (Å²) in [6, 6.07) is 0. The molecule has 0 aliphatic carbocycles. The fraction of sp³-hybridized carbons (Fsp3) is 0.500. The molecular weight excluding hydrogens is 283 g/mol. The van der Waals surface area contributed by atoms with Crippen molar-refractivity contribution in [3.8, 4) is 0 Å². The van der Waals surface area contributed by atoms with Gasteiger partial charge >= 0.3 is 5.97 Å². The van der Waals surface area contributed by atoms with Gasteiger partial charge in [0.1, 0.15) is 5.76 Å². The molecule has 0 fully saturated rings. The van der Waals surface area contributed by atoms with E-state index in [1.807, 2.05) is 0 Å². The van der Waals surface area contributed by atoms with E-state index in [2.05, 4.69) is 15.9 Å². The second kappa shape index (κ2) is 5.56. The second-order valence-corrected chi connectivity index (χ2v) is 3.76. The lowest BCUT2D eigenvalue weighted by Gasteiger charge is -2.00. The summed E-state index contributed by atoms with van der Waals surface area (Å²) < 4.78 is 10.2. The minimum absolute atomic E-state index is 0.221. The van der Waals surface area contributed by atoms with Gasteiger partial charge in [-0.05, 0) is 13.8 Å². The number of esters is 1. The largest absolute Gasteiger partial charge is 0.460 e. The molecule has 1 rings (SSSR count). The zero-order valence-corrected chi connectivity index (χ0v) is 10.9. The smallest absolute Gasteiger partial charge is 0.374 e. The van der Waals surface area contributed by atoms with Crippen molar-refractivity contribution in [2.24, 2.45) is 0 Å². The number of ether oxygens (including phenoxy) is 1. The van der Waals surface area contributed by atoms with Crippen LogP contribution in [0.5, 0.6) is 0 Å². The topological polar surface area (TPSA) is 39.4 Å². The predicted octanol–water partition coefficient (Wildman–Crippen LogP) is 3.40. The molecule has 0 spiro atoms. The lowest BCUT2D eigenvalue weighted by Crippen LogP contribution is -2.05. The third-order valence-electron chi connectivity index (χ3n) is 2.05. The zero-order valence-electron chi connectivity index (χ0n) is 8.60. The van der Waals surface area contributed by atoms with Gasteiger partial charge < -0.3 is 9.15 Å². The van der Waals surface area contributed by atoms with Crippen LogP contribution < -0.4 is 0 Å². The van der Waals surface area contributed by atoms with Crippen molar-refractivity contribution in [1.29, 1.82) is 0 Å². The van der Waals surface area contributed by atoms with Crippen molar-refractivity contribution in [2.45, 2.75) is 25.1 Å². The average Bonchev–Trinajstić information content (AvgIpc) is 2.54. The molecule has 3 nitrogen and oxygen atoms in total. The van der Waals surface area contributed by atoms with Gasteiger partial charge in [-0.2, -0.15) is 0 Å². The molecule has 1 aromatic rings. The van der Waals surface area contributed by atoms with E-state index >= 15 is 0 Å². The molecule has 1 aromatic heterocycles. The highest BCUT2D eigenvalue weighted by atomic mass is 79.9. The van der Waals surface area contributed by atoms with E-state index in [9.17, 15) is 4.79 Å². The quantitative estimate of drug-likeness (QED) is 0.631. The molecule has 15 heavy (non-hydrogen) atoms. The molecule has 0 aliphatic rings. The number of carbonyl (C=O) groups excluding carboxylic acids is 1. The minimum atomic E-state index is -0.455. The van der Waals surface area contributed by atoms with Crippen LogP contribution in [-0.2, 0) is 15.9 Å². The van der Waals surface area contributed by atoms with E-state index in [0.29, 0.717) is 23.3 Å². The molecule has 0 saturated heterocycles. The zero-order chi connectivity index (χ0) is 11.4. The molecular formula is C10H12BrClO3. The Hall–Kier alpha value is -0.480. The first-order valence-corrected chi connectivity index (χ1v) is 6.21. The van der Waals surface area contributed by atoms with Gasteiger partial charge in [0.15, 0.2) is 0 Å². The summed E-state index contributed by atoms with van der Waals surface area (Å²) >= 11 is 9.12. The van der Waals surface area contributed by atoms with Gasteiger partial charge in [-0.1, -0.05) is 15.9 Å². The van der Waals surface area contributed by atoms with Crippen LogP contribution in [0, 0.1) is 6.92 Å². The van der Waals surface area contributed by atoms with Crippen LogP contribution >= 0.6 is 27.5 Å². The molecule has 0 bridgehead atoms. The number of rotatable bonds is 4. The highest BCUT2D eigenvalue weighted by Gasteiger charge is 2.22. The molecule has 0 atom stereocenters. The summed E-state index contributed by atoms with van der Waals surface area (Å²) in [7, 11) is 0. The van der Waals surface area contributed by atoms with Crippen molar-refractivity contribution in [1.82, 2.24) is 0 Å². The highest BCUT2D eigenvalue weighted by Crippen LogP contribution is 2.26. The van der Waals surface area contributed by atoms with Gasteiger partial charge in [-0.15, -0.1) is 11.6 Å². The fourth-order valence-electron chi connectivity index (χ4n) is 1.30. The van der Waals surface area contributed by atoms with Gasteiger partial charge in [0.05, 0.1) is 12.5 Å². The summed E-state index contributed by atoms with van der Waals surface area (Å²) in [5.74, 6) is 0.708. The molecule has 1 heterocycles. The predicted molar refractivity (Wildman–Crippen MR) is 61.6 cm³/mol. The SMILES string of the molecule is CCOC(=O)c1oc(C)c(CBr)c1CCl. The van der Waals surface area contributed by atoms with Gasteiger partial charge in [0.2, 0.25) is 5.76 Å². The Morgan fingerprint density at radius 2 is 2.20 bits per heavy atom. The Labute approximate surface area is 102 Å². The number of carbonyl (C=O) groups is 1. The van der Waals surface area contributed by atoms with Gasteiger partial charge in [0, 0.05) is 16.5 Å². The molecule has 5 heteroatoms. The van der Waals surface area contributed by atoms with Crippen LogP contribution in [-0.4, -0.2) is 12.6 Å². The highest BCUT2D eigenvalue weighted by molar-refractivity contribution is 9.08. The molecule has 0 saturated carbocycles. The standard InChI is InChI=1S/C10H12BrClO3/c1-3-14-10(13)9-8(5-12)7(4-11)6(2)15-9/h3-5H2,1-2H3. The van der Waals surface area contributed by atoms with Crippen LogP contribution in [0.15, 0.2) is 4.42 Å². The van der Waals surface area contributed by atoms with Gasteiger partial charge in [-0.3, -0.25) is 0 Å². The maximum absolute atomic E-state index is 11.5. The van der Waals surface area contributed by atoms with Gasteiger partial charge in [0.25, 0.3) is 0 Å². The first kappa shape index (κ1) is 12.6. The summed E-state index contributed by atoms with van der Waals surface area (Å²) in [5.41, 5.74) is 1.64. The molecule has 0 aromatic carbocycles. The first-order valence-electron chi connectivity index (χ1n) is 4.55. The van der Waals surface area contributed by atoms with E-state index in [1.54, 1.807) is 13.8 Å². The molecule has 0 amide bonds. The summed E-state index contributed by atoms with van der Waals surface area (Å²) in [6.07, 6.45) is 0. The van der Waals surface area contributed by atoms with Crippen LogP contribution in [0.1, 0.15) is 34.4 Å². The Bertz CT molecular complexity index is 360. The Balaban J connectivity index is 3.12. The number of hydrogen-bond acceptors (Lipinski definition) is 3. The molecule has 0 unspecified atom stereocenters. The van der Waals surface area contributed by atoms with Crippen LogP contribution in [0.4, 0.5) is 0 Å². The molecule has 84 valence electrons. The number of alkyl halides is 2. The Kier molecular flexibility index (Phi) is 4.67. The van der Waals surface area contributed by atoms with E-state index in [4.69, 9.17) is 20.8 Å². The van der Waals surface area contributed by atoms with Crippen molar-refractivity contribution in [2.75, 3.05) is 6.61 Å². The van der Waals surface area contributed by atoms with E-state index in [0.717, 1.165) is 5.56 Å². The lowest BCUT2D eigenvalue weighted by molar-refractivity contribution is 0.0487. The maximum Gasteiger partial charge on any atom is 0.374 e. The molecule has 0 aliphatic heterocycles. The maximum atomic E-state index is 11.5. The minimum Gasteiger partial charge on any atom is -0.460 e. The lowest BCUT2D eigenvalue weighted by atomic mass is 10.1. The number of hydrogen-bond donors (Lipinski definition) is 0. The summed E-state index contributed by atoms with van der Waals surface area (Å²) in [4.78, 5) is 11.5. The average molecular weight is 296 g/mol. The van der Waals surface area contributed by atoms with Crippen molar-refractivity contribution in [3.63, 3.8) is 0 Å². The van der Waals surface area contributed by atoms with Crippen molar-refractivity contribution >= 4 is 33.5 Å². The van der Waals surface area contributed by atoms with Crippen LogP contribution in [0.2, 0.25) is 0 Å². The van der Waals surface area contributed by atoms with Crippen molar-refractivity contribution in [3.05, 3.63) is 22.6 Å². The van der Waals surface area contributed by atoms with Gasteiger partial charge in [-0.25, -0.2) is 4.79 Å². The van der Waals surface area contributed by atoms with E-state index < -0.39 is 5.97 Å². The monoisotopic (exact) mass is 294 g/mol. The number of furan rings is 1. The van der Waals surface area contributed by atoms with E-state index in [-0.39, 0.29) is 11.6 Å². The third kappa shape index (κ3) is 2.55. The number of aryl methyl sites for hydroxylation is 1. The summed E-state index contributed by atoms with van der Waals surface area (Å²) in [6.45, 7) is 3.87. The molecule has 0 radical (unpaired) electrons. The van der Waals surface area contributed by atoms with Crippen LogP contribution in [0.25, 0.3) is 0 Å². The summed E-state index contributed by atoms with van der Waals surface area (Å²) in [5, 5.41) is 0.615. The first-order chi connectivity index (χ1) is 7.15. The normalized spacial score (nSPS) is 10.4. The Morgan fingerprint density at radius 1 is 1.53 bits per heavy atom.